The molecule has 36 heavy (non-hydrogen) atoms. The highest BCUT2D eigenvalue weighted by Gasteiger charge is 2.19. The van der Waals surface area contributed by atoms with Crippen molar-refractivity contribution < 1.29 is 38.0 Å². The maximum Gasteiger partial charge on any atom is 0.259 e. The lowest BCUT2D eigenvalue weighted by molar-refractivity contribution is -0.120. The van der Waals surface area contributed by atoms with Gasteiger partial charge in [0.2, 0.25) is 11.5 Å². The smallest absolute Gasteiger partial charge is 0.259 e. The molecule has 0 unspecified atom stereocenters. The van der Waals surface area contributed by atoms with Gasteiger partial charge < -0.3 is 33.7 Å². The van der Waals surface area contributed by atoms with E-state index in [-0.39, 0.29) is 12.1 Å². The molecule has 0 radical (unpaired) electrons. The molecule has 0 heterocycles. The number of hydrogen-bond acceptors (Lipinski definition) is 9. The summed E-state index contributed by atoms with van der Waals surface area (Å²) < 4.78 is 32.8. The summed E-state index contributed by atoms with van der Waals surface area (Å²) in [6.45, 7) is 6.35. The first-order chi connectivity index (χ1) is 17.4. The van der Waals surface area contributed by atoms with Crippen LogP contribution in [0.2, 0.25) is 0 Å². The van der Waals surface area contributed by atoms with Crippen molar-refractivity contribution in [2.45, 2.75) is 20.8 Å². The molecule has 2 rings (SSSR count). The molecule has 0 bridgehead atoms. The van der Waals surface area contributed by atoms with E-state index in [2.05, 4.69) is 15.8 Å². The summed E-state index contributed by atoms with van der Waals surface area (Å²) in [6, 6.07) is 6.45. The first-order valence-corrected chi connectivity index (χ1v) is 11.4. The van der Waals surface area contributed by atoms with Gasteiger partial charge in [0.25, 0.3) is 11.8 Å². The van der Waals surface area contributed by atoms with Crippen LogP contribution < -0.4 is 39.2 Å². The minimum Gasteiger partial charge on any atom is -0.493 e. The summed E-state index contributed by atoms with van der Waals surface area (Å²) in [6.07, 6.45) is 1.42. The maximum atomic E-state index is 12.7. The summed E-state index contributed by atoms with van der Waals surface area (Å²) in [7, 11) is 4.51. The SMILES string of the molecule is CCOc1cc(C(=O)NCC(=O)N/N=C/c2cc(OC)c(OC)c(OC)c2)cc(OCC)c1OCC. The molecule has 2 amide bonds. The fourth-order valence-electron chi connectivity index (χ4n) is 3.18. The number of hydrazone groups is 1. The van der Waals surface area contributed by atoms with Gasteiger partial charge in [-0.1, -0.05) is 0 Å². The average molecular weight is 504 g/mol. The van der Waals surface area contributed by atoms with E-state index in [1.54, 1.807) is 24.3 Å². The van der Waals surface area contributed by atoms with E-state index in [4.69, 9.17) is 28.4 Å². The molecule has 2 N–H and O–H groups in total. The molecule has 0 spiro atoms. The van der Waals surface area contributed by atoms with Crippen molar-refractivity contribution in [1.82, 2.24) is 10.7 Å². The molecule has 0 aromatic heterocycles. The van der Waals surface area contributed by atoms with Crippen molar-refractivity contribution in [1.29, 1.82) is 0 Å². The van der Waals surface area contributed by atoms with Crippen LogP contribution in [-0.4, -0.2) is 65.7 Å². The second kappa shape index (κ2) is 14.3. The molecule has 196 valence electrons. The maximum absolute atomic E-state index is 12.7. The van der Waals surface area contributed by atoms with E-state index in [1.807, 2.05) is 20.8 Å². The zero-order valence-electron chi connectivity index (χ0n) is 21.4. The van der Waals surface area contributed by atoms with Gasteiger partial charge in [-0.05, 0) is 45.0 Å². The Kier molecular flexibility index (Phi) is 11.2. The molecule has 2 aromatic rings. The van der Waals surface area contributed by atoms with Gasteiger partial charge in [-0.2, -0.15) is 5.10 Å². The van der Waals surface area contributed by atoms with Gasteiger partial charge in [0.15, 0.2) is 23.0 Å². The number of benzene rings is 2. The van der Waals surface area contributed by atoms with Gasteiger partial charge in [-0.25, -0.2) is 5.43 Å². The van der Waals surface area contributed by atoms with Gasteiger partial charge in [-0.3, -0.25) is 9.59 Å². The van der Waals surface area contributed by atoms with E-state index < -0.39 is 11.8 Å². The van der Waals surface area contributed by atoms with Crippen LogP contribution in [0.1, 0.15) is 36.7 Å². The number of ether oxygens (including phenoxy) is 6. The molecule has 0 aliphatic rings. The number of amides is 2. The summed E-state index contributed by atoms with van der Waals surface area (Å²) in [4.78, 5) is 24.9. The standard InChI is InChI=1S/C25H33N3O8/c1-7-34-20-12-17(13-21(35-8-2)24(20)36-9-3)25(30)26-15-22(29)28-27-14-16-10-18(31-4)23(33-6)19(11-16)32-5/h10-14H,7-9,15H2,1-6H3,(H,26,30)(H,28,29)/b27-14+. The Morgan fingerprint density at radius 2 is 1.33 bits per heavy atom. The predicted molar refractivity (Wildman–Crippen MR) is 134 cm³/mol. The lowest BCUT2D eigenvalue weighted by Crippen LogP contribution is -2.35. The Balaban J connectivity index is 2.06. The molecular weight excluding hydrogens is 470 g/mol. The van der Waals surface area contributed by atoms with E-state index in [9.17, 15) is 9.59 Å². The molecule has 0 fully saturated rings. The van der Waals surface area contributed by atoms with Crippen LogP contribution in [-0.2, 0) is 4.79 Å². The number of carbonyl (C=O) groups excluding carboxylic acids is 2. The molecule has 11 nitrogen and oxygen atoms in total. The Bertz CT molecular complexity index is 1020. The molecular formula is C25H33N3O8. The minimum atomic E-state index is -0.520. The van der Waals surface area contributed by atoms with Crippen molar-refractivity contribution in [3.8, 4) is 34.5 Å². The van der Waals surface area contributed by atoms with Gasteiger partial charge >= 0.3 is 0 Å². The van der Waals surface area contributed by atoms with Crippen molar-refractivity contribution in [3.05, 3.63) is 35.4 Å². The topological polar surface area (TPSA) is 126 Å². The van der Waals surface area contributed by atoms with Crippen LogP contribution in [0.4, 0.5) is 0 Å². The third kappa shape index (κ3) is 7.42. The van der Waals surface area contributed by atoms with E-state index in [0.717, 1.165) is 0 Å². The molecule has 0 saturated carbocycles. The van der Waals surface area contributed by atoms with Gasteiger partial charge in [0.1, 0.15) is 0 Å². The molecule has 0 aliphatic heterocycles. The highest BCUT2D eigenvalue weighted by molar-refractivity contribution is 5.97. The fourth-order valence-corrected chi connectivity index (χ4v) is 3.18. The Morgan fingerprint density at radius 1 is 0.778 bits per heavy atom. The summed E-state index contributed by atoms with van der Waals surface area (Å²) in [5, 5.41) is 6.48. The third-order valence-electron chi connectivity index (χ3n) is 4.67. The molecule has 0 aliphatic carbocycles. The zero-order valence-corrected chi connectivity index (χ0v) is 21.4. The lowest BCUT2D eigenvalue weighted by atomic mass is 10.1. The highest BCUT2D eigenvalue weighted by atomic mass is 16.5. The normalized spacial score (nSPS) is 10.5. The highest BCUT2D eigenvalue weighted by Crippen LogP contribution is 2.39. The van der Waals surface area contributed by atoms with Crippen LogP contribution >= 0.6 is 0 Å². The number of nitrogens with one attached hydrogen (secondary N) is 2. The van der Waals surface area contributed by atoms with Crippen molar-refractivity contribution in [3.63, 3.8) is 0 Å². The van der Waals surface area contributed by atoms with Crippen LogP contribution in [0.3, 0.4) is 0 Å². The van der Waals surface area contributed by atoms with Crippen LogP contribution in [0.15, 0.2) is 29.4 Å². The first kappa shape index (κ1) is 28.1. The molecule has 2 aromatic carbocycles. The second-order valence-corrected chi connectivity index (χ2v) is 7.04. The van der Waals surface area contributed by atoms with E-state index in [0.29, 0.717) is 59.9 Å². The minimum absolute atomic E-state index is 0.263. The zero-order chi connectivity index (χ0) is 26.5. The fraction of sp³-hybridized carbons (Fsp3) is 0.400. The average Bonchev–Trinajstić information content (AvgIpc) is 2.88. The van der Waals surface area contributed by atoms with Crippen molar-refractivity contribution >= 4 is 18.0 Å². The Hall–Kier alpha value is -4.15. The monoisotopic (exact) mass is 503 g/mol. The van der Waals surface area contributed by atoms with Gasteiger partial charge in [0.05, 0.1) is 53.9 Å². The Labute approximate surface area is 210 Å². The number of nitrogens with zero attached hydrogens (tertiary/aromatic N) is 1. The summed E-state index contributed by atoms with van der Waals surface area (Å²) >= 11 is 0. The second-order valence-electron chi connectivity index (χ2n) is 7.04. The van der Waals surface area contributed by atoms with Gasteiger partial charge in [0, 0.05) is 11.1 Å². The number of rotatable bonds is 14. The van der Waals surface area contributed by atoms with Crippen LogP contribution in [0.25, 0.3) is 0 Å². The number of hydrogen-bond donors (Lipinski definition) is 2. The largest absolute Gasteiger partial charge is 0.493 e. The van der Waals surface area contributed by atoms with E-state index in [1.165, 1.54) is 27.5 Å². The van der Waals surface area contributed by atoms with Crippen molar-refractivity contribution in [2.24, 2.45) is 5.10 Å². The Morgan fingerprint density at radius 3 is 1.81 bits per heavy atom. The van der Waals surface area contributed by atoms with Crippen molar-refractivity contribution in [2.75, 3.05) is 47.7 Å². The molecule has 0 atom stereocenters. The third-order valence-corrected chi connectivity index (χ3v) is 4.67. The number of methoxy groups -OCH3 is 3. The van der Waals surface area contributed by atoms with Crippen LogP contribution in [0, 0.1) is 0 Å². The van der Waals surface area contributed by atoms with Gasteiger partial charge in [-0.15, -0.1) is 0 Å². The van der Waals surface area contributed by atoms with E-state index >= 15 is 0 Å². The van der Waals surface area contributed by atoms with Crippen LogP contribution in [0.5, 0.6) is 34.5 Å². The first-order valence-electron chi connectivity index (χ1n) is 11.4. The quantitative estimate of drug-likeness (QED) is 0.298. The summed E-state index contributed by atoms with van der Waals surface area (Å²) in [5.74, 6) is 1.53. The molecule has 11 heteroatoms. The number of carbonyl (C=O) groups is 2. The molecule has 0 saturated heterocycles. The lowest BCUT2D eigenvalue weighted by Gasteiger charge is -2.17. The predicted octanol–water partition coefficient (Wildman–Crippen LogP) is 2.79. The summed E-state index contributed by atoms with van der Waals surface area (Å²) in [5.41, 5.74) is 3.23.